The average molecular weight is 307 g/mol. The Labute approximate surface area is 127 Å². The Morgan fingerprint density at radius 1 is 1.29 bits per heavy atom. The first-order valence-corrected chi connectivity index (χ1v) is 9.73. The fourth-order valence-corrected chi connectivity index (χ4v) is 3.21. The van der Waals surface area contributed by atoms with Crippen molar-refractivity contribution in [2.45, 2.75) is 46.9 Å². The van der Waals surface area contributed by atoms with Crippen molar-refractivity contribution < 1.29 is 8.82 Å². The van der Waals surface area contributed by atoms with Gasteiger partial charge in [-0.2, -0.15) is 0 Å². The van der Waals surface area contributed by atoms with Crippen molar-refractivity contribution in [1.29, 1.82) is 0 Å². The SMILES string of the molecule is CC(C)C(C)(C)C(O[Si](C)C)c1cc2cc(F)cnc2[nH]1. The number of H-pyrrole nitrogens is 1. The summed E-state index contributed by atoms with van der Waals surface area (Å²) in [6, 6.07) is 3.47. The maximum absolute atomic E-state index is 13.3. The molecule has 5 heteroatoms. The summed E-state index contributed by atoms with van der Waals surface area (Å²) in [6.45, 7) is 13.1. The second-order valence-corrected chi connectivity index (χ2v) is 8.75. The largest absolute Gasteiger partial charge is 0.408 e. The number of nitrogens with zero attached hydrogens (tertiary/aromatic N) is 1. The predicted octanol–water partition coefficient (Wildman–Crippen LogP) is 4.69. The molecule has 2 aromatic rings. The fourth-order valence-electron chi connectivity index (χ4n) is 2.31. The van der Waals surface area contributed by atoms with Crippen molar-refractivity contribution in [2.24, 2.45) is 11.3 Å². The number of halogens is 1. The molecule has 1 radical (unpaired) electrons. The molecule has 0 aliphatic heterocycles. The third-order valence-electron chi connectivity index (χ3n) is 4.26. The molecule has 0 saturated heterocycles. The van der Waals surface area contributed by atoms with E-state index in [4.69, 9.17) is 4.43 Å². The molecular weight excluding hydrogens is 283 g/mol. The van der Waals surface area contributed by atoms with Crippen LogP contribution in [0.15, 0.2) is 18.3 Å². The normalized spacial score (nSPS) is 14.3. The van der Waals surface area contributed by atoms with Crippen molar-refractivity contribution in [3.63, 3.8) is 0 Å². The smallest absolute Gasteiger partial charge is 0.205 e. The van der Waals surface area contributed by atoms with Crippen LogP contribution in [0.1, 0.15) is 39.5 Å². The van der Waals surface area contributed by atoms with Crippen LogP contribution in [0.25, 0.3) is 11.0 Å². The van der Waals surface area contributed by atoms with E-state index in [0.717, 1.165) is 11.1 Å². The summed E-state index contributed by atoms with van der Waals surface area (Å²) in [5, 5.41) is 0.791. The van der Waals surface area contributed by atoms with Gasteiger partial charge < -0.3 is 9.41 Å². The molecule has 2 heterocycles. The molecule has 0 saturated carbocycles. The fraction of sp³-hybridized carbons (Fsp3) is 0.562. The van der Waals surface area contributed by atoms with Crippen molar-refractivity contribution >= 4 is 20.1 Å². The molecule has 0 fully saturated rings. The van der Waals surface area contributed by atoms with E-state index in [-0.39, 0.29) is 17.3 Å². The van der Waals surface area contributed by atoms with Crippen LogP contribution in [0, 0.1) is 17.2 Å². The third-order valence-corrected chi connectivity index (χ3v) is 4.96. The topological polar surface area (TPSA) is 37.9 Å². The Kier molecular flexibility index (Phi) is 4.53. The van der Waals surface area contributed by atoms with Gasteiger partial charge in [-0.25, -0.2) is 9.37 Å². The molecule has 0 spiro atoms. The number of nitrogens with one attached hydrogen (secondary N) is 1. The van der Waals surface area contributed by atoms with Gasteiger partial charge in [-0.05, 0) is 36.6 Å². The number of hydrogen-bond donors (Lipinski definition) is 1. The molecular formula is C16H24FN2OSi. The molecule has 2 rings (SSSR count). The van der Waals surface area contributed by atoms with Crippen LogP contribution < -0.4 is 0 Å². The van der Waals surface area contributed by atoms with E-state index < -0.39 is 9.04 Å². The molecule has 0 amide bonds. The molecule has 0 aliphatic carbocycles. The molecule has 2 aromatic heterocycles. The lowest BCUT2D eigenvalue weighted by atomic mass is 9.75. The van der Waals surface area contributed by atoms with Gasteiger partial charge in [0.25, 0.3) is 0 Å². The summed E-state index contributed by atoms with van der Waals surface area (Å²) in [5.41, 5.74) is 1.66. The highest BCUT2D eigenvalue weighted by atomic mass is 28.3. The van der Waals surface area contributed by atoms with Crippen molar-refractivity contribution in [3.05, 3.63) is 29.8 Å². The van der Waals surface area contributed by atoms with Gasteiger partial charge in [-0.15, -0.1) is 0 Å². The summed E-state index contributed by atoms with van der Waals surface area (Å²) < 4.78 is 19.6. The Balaban J connectivity index is 2.47. The molecule has 21 heavy (non-hydrogen) atoms. The monoisotopic (exact) mass is 307 g/mol. The maximum Gasteiger partial charge on any atom is 0.205 e. The minimum absolute atomic E-state index is 0.0264. The molecule has 1 atom stereocenters. The first-order valence-electron chi connectivity index (χ1n) is 7.32. The van der Waals surface area contributed by atoms with Crippen molar-refractivity contribution in [1.82, 2.24) is 9.97 Å². The van der Waals surface area contributed by atoms with Gasteiger partial charge in [0.05, 0.1) is 12.3 Å². The lowest BCUT2D eigenvalue weighted by Crippen LogP contribution is -2.32. The van der Waals surface area contributed by atoms with Gasteiger partial charge in [-0.3, -0.25) is 0 Å². The van der Waals surface area contributed by atoms with Crippen LogP contribution >= 0.6 is 0 Å². The van der Waals surface area contributed by atoms with Crippen LogP contribution in [0.5, 0.6) is 0 Å². The van der Waals surface area contributed by atoms with Gasteiger partial charge in [0.2, 0.25) is 9.04 Å². The van der Waals surface area contributed by atoms with Gasteiger partial charge in [0.15, 0.2) is 0 Å². The number of fused-ring (bicyclic) bond motifs is 1. The van der Waals surface area contributed by atoms with E-state index >= 15 is 0 Å². The average Bonchev–Trinajstić information content (AvgIpc) is 2.77. The van der Waals surface area contributed by atoms with Gasteiger partial charge in [0.1, 0.15) is 11.5 Å². The highest BCUT2D eigenvalue weighted by Gasteiger charge is 2.36. The van der Waals surface area contributed by atoms with Gasteiger partial charge in [-0.1, -0.05) is 27.7 Å². The van der Waals surface area contributed by atoms with Crippen molar-refractivity contribution in [3.8, 4) is 0 Å². The highest BCUT2D eigenvalue weighted by Crippen LogP contribution is 2.43. The van der Waals surface area contributed by atoms with Crippen LogP contribution in [0.3, 0.4) is 0 Å². The van der Waals surface area contributed by atoms with Crippen LogP contribution in [0.4, 0.5) is 4.39 Å². The molecule has 115 valence electrons. The zero-order chi connectivity index (χ0) is 15.8. The standard InChI is InChI=1S/C16H24FN2OSi/c1-10(2)16(3,4)14(20-21(5)6)13-8-11-7-12(17)9-18-15(11)19-13/h7-10,14H,1-6H3,(H,18,19). The number of pyridine rings is 1. The summed E-state index contributed by atoms with van der Waals surface area (Å²) >= 11 is 0. The molecule has 1 N–H and O–H groups in total. The quantitative estimate of drug-likeness (QED) is 0.814. The van der Waals surface area contributed by atoms with E-state index in [1.54, 1.807) is 0 Å². The lowest BCUT2D eigenvalue weighted by Gasteiger charge is -2.38. The summed E-state index contributed by atoms with van der Waals surface area (Å²) in [4.78, 5) is 7.41. The minimum atomic E-state index is -0.855. The number of rotatable bonds is 5. The molecule has 0 bridgehead atoms. The maximum atomic E-state index is 13.3. The van der Waals surface area contributed by atoms with E-state index in [9.17, 15) is 4.39 Å². The Hall–Kier alpha value is -1.20. The van der Waals surface area contributed by atoms with Crippen LogP contribution in [-0.2, 0) is 4.43 Å². The number of hydrogen-bond acceptors (Lipinski definition) is 2. The molecule has 0 aliphatic rings. The third kappa shape index (κ3) is 3.35. The molecule has 1 unspecified atom stereocenters. The minimum Gasteiger partial charge on any atom is -0.408 e. The van der Waals surface area contributed by atoms with E-state index in [2.05, 4.69) is 50.8 Å². The zero-order valence-electron chi connectivity index (χ0n) is 13.6. The summed E-state index contributed by atoms with van der Waals surface area (Å²) in [7, 11) is -0.855. The Bertz CT molecular complexity index is 622. The van der Waals surface area contributed by atoms with Gasteiger partial charge in [0, 0.05) is 11.1 Å². The Morgan fingerprint density at radius 2 is 1.95 bits per heavy atom. The lowest BCUT2D eigenvalue weighted by molar-refractivity contribution is 0.0326. The summed E-state index contributed by atoms with van der Waals surface area (Å²) in [6.07, 6.45) is 1.19. The van der Waals surface area contributed by atoms with Crippen LogP contribution in [-0.4, -0.2) is 19.0 Å². The highest BCUT2D eigenvalue weighted by molar-refractivity contribution is 6.48. The Morgan fingerprint density at radius 3 is 2.52 bits per heavy atom. The van der Waals surface area contributed by atoms with Gasteiger partial charge >= 0.3 is 0 Å². The zero-order valence-corrected chi connectivity index (χ0v) is 14.6. The second-order valence-electron chi connectivity index (χ2n) is 6.70. The summed E-state index contributed by atoms with van der Waals surface area (Å²) in [5.74, 6) is 0.143. The van der Waals surface area contributed by atoms with E-state index in [0.29, 0.717) is 11.6 Å². The predicted molar refractivity (Wildman–Crippen MR) is 86.0 cm³/mol. The molecule has 3 nitrogen and oxygen atoms in total. The first-order chi connectivity index (χ1) is 9.71. The first kappa shape index (κ1) is 16.2. The number of aromatic amines is 1. The van der Waals surface area contributed by atoms with E-state index in [1.807, 2.05) is 6.07 Å². The van der Waals surface area contributed by atoms with E-state index in [1.165, 1.54) is 12.3 Å². The second kappa shape index (κ2) is 5.89. The van der Waals surface area contributed by atoms with Crippen molar-refractivity contribution in [2.75, 3.05) is 0 Å². The molecule has 0 aromatic carbocycles. The number of aromatic nitrogens is 2. The van der Waals surface area contributed by atoms with Crippen LogP contribution in [0.2, 0.25) is 13.1 Å².